The Morgan fingerprint density at radius 1 is 1.06 bits per heavy atom. The third-order valence-corrected chi connectivity index (χ3v) is 3.81. The summed E-state index contributed by atoms with van der Waals surface area (Å²) in [5, 5.41) is 0. The molecule has 17 heavy (non-hydrogen) atoms. The summed E-state index contributed by atoms with van der Waals surface area (Å²) < 4.78 is 5.10. The summed E-state index contributed by atoms with van der Waals surface area (Å²) in [6.45, 7) is 4.49. The second-order valence-electron chi connectivity index (χ2n) is 4.76. The van der Waals surface area contributed by atoms with Gasteiger partial charge in [-0.05, 0) is 29.5 Å². The van der Waals surface area contributed by atoms with Crippen LogP contribution in [0.4, 0.5) is 0 Å². The minimum absolute atomic E-state index is 0.217. The molecule has 0 radical (unpaired) electrons. The van der Waals surface area contributed by atoms with Gasteiger partial charge in [-0.15, -0.1) is 0 Å². The van der Waals surface area contributed by atoms with Gasteiger partial charge in [0.05, 0.1) is 17.4 Å². The number of benzene rings is 1. The fourth-order valence-corrected chi connectivity index (χ4v) is 2.47. The Morgan fingerprint density at radius 2 is 1.76 bits per heavy atom. The van der Waals surface area contributed by atoms with E-state index < -0.39 is 0 Å². The van der Waals surface area contributed by atoms with Gasteiger partial charge in [0, 0.05) is 5.56 Å². The lowest BCUT2D eigenvalue weighted by Gasteiger charge is -2.10. The van der Waals surface area contributed by atoms with Crippen LogP contribution < -0.4 is 0 Å². The zero-order chi connectivity index (χ0) is 12.3. The monoisotopic (exact) mass is 292 g/mol. The van der Waals surface area contributed by atoms with Gasteiger partial charge in [-0.2, -0.15) is 0 Å². The number of hydrogen-bond acceptors (Lipinski definition) is 1. The average molecular weight is 293 g/mol. The lowest BCUT2D eigenvalue weighted by atomic mass is 10.00. The molecule has 0 aliphatic carbocycles. The minimum Gasteiger partial charge on any atom is -0.472 e. The predicted octanol–water partition coefficient (Wildman–Crippen LogP) is 4.96. The molecule has 0 bridgehead atoms. The molecule has 2 heteroatoms. The van der Waals surface area contributed by atoms with Crippen molar-refractivity contribution in [2.24, 2.45) is 5.92 Å². The van der Waals surface area contributed by atoms with E-state index in [0.717, 1.165) is 12.0 Å². The molecule has 0 aliphatic rings. The van der Waals surface area contributed by atoms with Crippen LogP contribution in [0.1, 0.15) is 35.4 Å². The second-order valence-corrected chi connectivity index (χ2v) is 5.67. The van der Waals surface area contributed by atoms with E-state index in [2.05, 4.69) is 54.0 Å². The molecule has 0 saturated heterocycles. The standard InChI is InChI=1S/C15H17BrO/c1-11(2)9-12-3-5-13(6-4-12)15(16)14-7-8-17-10-14/h3-8,10-11,15H,9H2,1-2H3. The highest BCUT2D eigenvalue weighted by molar-refractivity contribution is 9.09. The normalized spacial score (nSPS) is 12.9. The summed E-state index contributed by atoms with van der Waals surface area (Å²) in [7, 11) is 0. The zero-order valence-electron chi connectivity index (χ0n) is 10.2. The largest absolute Gasteiger partial charge is 0.472 e. The fraction of sp³-hybridized carbons (Fsp3) is 0.333. The summed E-state index contributed by atoms with van der Waals surface area (Å²) in [6.07, 6.45) is 4.62. The Kier molecular flexibility index (Phi) is 4.06. The van der Waals surface area contributed by atoms with Crippen LogP contribution in [-0.4, -0.2) is 0 Å². The molecule has 0 aliphatic heterocycles. The summed E-state index contributed by atoms with van der Waals surface area (Å²) in [5.41, 5.74) is 3.82. The first-order valence-corrected chi connectivity index (χ1v) is 6.83. The lowest BCUT2D eigenvalue weighted by Crippen LogP contribution is -1.95. The van der Waals surface area contributed by atoms with E-state index in [-0.39, 0.29) is 4.83 Å². The van der Waals surface area contributed by atoms with E-state index in [0.29, 0.717) is 5.92 Å². The number of furan rings is 1. The molecule has 90 valence electrons. The Hall–Kier alpha value is -1.02. The summed E-state index contributed by atoms with van der Waals surface area (Å²) in [6, 6.07) is 10.8. The van der Waals surface area contributed by atoms with Crippen molar-refractivity contribution in [1.29, 1.82) is 0 Å². The van der Waals surface area contributed by atoms with Gasteiger partial charge in [-0.3, -0.25) is 0 Å². The first-order chi connectivity index (χ1) is 8.16. The number of rotatable bonds is 4. The Labute approximate surface area is 111 Å². The van der Waals surface area contributed by atoms with E-state index in [9.17, 15) is 0 Å². The maximum atomic E-state index is 5.10. The van der Waals surface area contributed by atoms with Crippen molar-refractivity contribution in [3.05, 3.63) is 59.5 Å². The van der Waals surface area contributed by atoms with Crippen LogP contribution in [0.15, 0.2) is 47.3 Å². The SMILES string of the molecule is CC(C)Cc1ccc(C(Br)c2ccoc2)cc1. The van der Waals surface area contributed by atoms with Crippen molar-refractivity contribution >= 4 is 15.9 Å². The molecule has 1 heterocycles. The molecule has 1 aromatic carbocycles. The van der Waals surface area contributed by atoms with E-state index in [1.54, 1.807) is 12.5 Å². The highest BCUT2D eigenvalue weighted by Gasteiger charge is 2.11. The Balaban J connectivity index is 2.12. The van der Waals surface area contributed by atoms with E-state index >= 15 is 0 Å². The van der Waals surface area contributed by atoms with Crippen LogP contribution >= 0.6 is 15.9 Å². The molecule has 0 fully saturated rings. The van der Waals surface area contributed by atoms with Crippen LogP contribution in [-0.2, 0) is 6.42 Å². The predicted molar refractivity (Wildman–Crippen MR) is 74.5 cm³/mol. The Morgan fingerprint density at radius 3 is 2.29 bits per heavy atom. The van der Waals surface area contributed by atoms with Crippen molar-refractivity contribution < 1.29 is 4.42 Å². The van der Waals surface area contributed by atoms with Crippen molar-refractivity contribution in [1.82, 2.24) is 0 Å². The molecule has 0 spiro atoms. The van der Waals surface area contributed by atoms with Crippen LogP contribution in [0.3, 0.4) is 0 Å². The van der Waals surface area contributed by atoms with Gasteiger partial charge in [0.1, 0.15) is 0 Å². The zero-order valence-corrected chi connectivity index (χ0v) is 11.8. The summed E-state index contributed by atoms with van der Waals surface area (Å²) >= 11 is 3.69. The average Bonchev–Trinajstić information content (AvgIpc) is 2.82. The van der Waals surface area contributed by atoms with Crippen molar-refractivity contribution in [3.63, 3.8) is 0 Å². The smallest absolute Gasteiger partial charge is 0.0949 e. The molecule has 1 nitrogen and oxygen atoms in total. The van der Waals surface area contributed by atoms with Gasteiger partial charge in [-0.25, -0.2) is 0 Å². The van der Waals surface area contributed by atoms with Gasteiger partial charge >= 0.3 is 0 Å². The number of alkyl halides is 1. The van der Waals surface area contributed by atoms with E-state index in [1.807, 2.05) is 6.07 Å². The first kappa shape index (κ1) is 12.4. The van der Waals surface area contributed by atoms with Gasteiger partial charge in [0.15, 0.2) is 0 Å². The quantitative estimate of drug-likeness (QED) is 0.726. The van der Waals surface area contributed by atoms with Crippen LogP contribution in [0.2, 0.25) is 0 Å². The van der Waals surface area contributed by atoms with Crippen LogP contribution in [0, 0.1) is 5.92 Å². The maximum absolute atomic E-state index is 5.10. The van der Waals surface area contributed by atoms with Gasteiger partial charge in [0.25, 0.3) is 0 Å². The second kappa shape index (κ2) is 5.54. The fourth-order valence-electron chi connectivity index (χ4n) is 1.91. The topological polar surface area (TPSA) is 13.1 Å². The maximum Gasteiger partial charge on any atom is 0.0949 e. The molecule has 0 saturated carbocycles. The third-order valence-electron chi connectivity index (χ3n) is 2.75. The van der Waals surface area contributed by atoms with E-state index in [4.69, 9.17) is 4.42 Å². The minimum atomic E-state index is 0.217. The molecular formula is C15H17BrO. The van der Waals surface area contributed by atoms with Crippen LogP contribution in [0.5, 0.6) is 0 Å². The van der Waals surface area contributed by atoms with Crippen molar-refractivity contribution in [3.8, 4) is 0 Å². The molecule has 2 aromatic rings. The highest BCUT2D eigenvalue weighted by Crippen LogP contribution is 2.31. The number of halogens is 1. The third kappa shape index (κ3) is 3.22. The molecule has 0 amide bonds. The molecule has 0 N–H and O–H groups in total. The summed E-state index contributed by atoms with van der Waals surface area (Å²) in [4.78, 5) is 0.217. The highest BCUT2D eigenvalue weighted by atomic mass is 79.9. The number of hydrogen-bond donors (Lipinski definition) is 0. The lowest BCUT2D eigenvalue weighted by molar-refractivity contribution is 0.564. The van der Waals surface area contributed by atoms with Gasteiger partial charge < -0.3 is 4.42 Å². The Bertz CT molecular complexity index is 442. The molecular weight excluding hydrogens is 276 g/mol. The van der Waals surface area contributed by atoms with Crippen molar-refractivity contribution in [2.45, 2.75) is 25.1 Å². The molecule has 1 atom stereocenters. The van der Waals surface area contributed by atoms with Gasteiger partial charge in [0.2, 0.25) is 0 Å². The molecule has 1 unspecified atom stereocenters. The van der Waals surface area contributed by atoms with Crippen molar-refractivity contribution in [2.75, 3.05) is 0 Å². The first-order valence-electron chi connectivity index (χ1n) is 5.92. The molecule has 2 rings (SSSR count). The summed E-state index contributed by atoms with van der Waals surface area (Å²) in [5.74, 6) is 0.703. The van der Waals surface area contributed by atoms with E-state index in [1.165, 1.54) is 11.1 Å². The van der Waals surface area contributed by atoms with Crippen LogP contribution in [0.25, 0.3) is 0 Å². The van der Waals surface area contributed by atoms with Gasteiger partial charge in [-0.1, -0.05) is 54.0 Å². The molecule has 1 aromatic heterocycles.